The first-order valence-corrected chi connectivity index (χ1v) is 8.06. The second-order valence-electron chi connectivity index (χ2n) is 5.59. The molecule has 0 aromatic carbocycles. The van der Waals surface area contributed by atoms with Crippen LogP contribution in [0.25, 0.3) is 0 Å². The highest BCUT2D eigenvalue weighted by Gasteiger charge is 2.32. The van der Waals surface area contributed by atoms with E-state index in [0.29, 0.717) is 13.1 Å². The highest BCUT2D eigenvalue weighted by Crippen LogP contribution is 2.24. The van der Waals surface area contributed by atoms with Gasteiger partial charge in [-0.1, -0.05) is 6.08 Å². The molecule has 1 aliphatic heterocycles. The van der Waals surface area contributed by atoms with Crippen LogP contribution in [0.5, 0.6) is 0 Å². The summed E-state index contributed by atoms with van der Waals surface area (Å²) in [7, 11) is 1.75. The van der Waals surface area contributed by atoms with Gasteiger partial charge in [-0.05, 0) is 12.1 Å². The molecule has 6 heteroatoms. The van der Waals surface area contributed by atoms with Crippen molar-refractivity contribution in [1.82, 2.24) is 10.6 Å². The summed E-state index contributed by atoms with van der Waals surface area (Å²) >= 11 is 0. The Morgan fingerprint density at radius 1 is 1.43 bits per heavy atom. The van der Waals surface area contributed by atoms with Gasteiger partial charge in [-0.3, -0.25) is 4.99 Å². The number of ether oxygens (including phenoxy) is 2. The largest absolute Gasteiger partial charge is 0.469 e. The molecule has 0 spiro atoms. The van der Waals surface area contributed by atoms with Crippen LogP contribution in [0.15, 0.2) is 40.5 Å². The fourth-order valence-corrected chi connectivity index (χ4v) is 2.50. The number of nitrogens with one attached hydrogen (secondary N) is 2. The monoisotopic (exact) mass is 321 g/mol. The van der Waals surface area contributed by atoms with E-state index in [1.54, 1.807) is 13.4 Å². The number of furan rings is 1. The first-order valence-electron chi connectivity index (χ1n) is 8.06. The molecule has 2 rings (SSSR count). The van der Waals surface area contributed by atoms with Crippen LogP contribution < -0.4 is 10.6 Å². The normalized spacial score (nSPS) is 17.7. The second kappa shape index (κ2) is 9.37. The van der Waals surface area contributed by atoms with Gasteiger partial charge in [0.15, 0.2) is 5.96 Å². The number of guanidine groups is 1. The lowest BCUT2D eigenvalue weighted by Crippen LogP contribution is -2.44. The third-order valence-corrected chi connectivity index (χ3v) is 4.02. The predicted molar refractivity (Wildman–Crippen MR) is 90.7 cm³/mol. The zero-order valence-corrected chi connectivity index (χ0v) is 13.8. The lowest BCUT2D eigenvalue weighted by molar-refractivity contribution is -0.0828. The fraction of sp³-hybridized carbons (Fsp3) is 0.588. The van der Waals surface area contributed by atoms with Gasteiger partial charge < -0.3 is 24.5 Å². The minimum Gasteiger partial charge on any atom is -0.469 e. The van der Waals surface area contributed by atoms with Crippen LogP contribution in [0.4, 0.5) is 0 Å². The average molecular weight is 321 g/mol. The molecule has 23 heavy (non-hydrogen) atoms. The molecule has 0 bridgehead atoms. The zero-order chi connectivity index (χ0) is 16.4. The average Bonchev–Trinajstić information content (AvgIpc) is 3.11. The molecule has 1 aliphatic rings. The lowest BCUT2D eigenvalue weighted by Gasteiger charge is -2.34. The number of rotatable bonds is 8. The van der Waals surface area contributed by atoms with Crippen LogP contribution in [-0.2, 0) is 15.9 Å². The molecule has 1 fully saturated rings. The molecular formula is C17H27N3O3. The van der Waals surface area contributed by atoms with Crippen molar-refractivity contribution in [2.24, 2.45) is 4.99 Å². The van der Waals surface area contributed by atoms with Gasteiger partial charge in [0.05, 0.1) is 18.4 Å². The fourth-order valence-electron chi connectivity index (χ4n) is 2.50. The van der Waals surface area contributed by atoms with Gasteiger partial charge in [0.25, 0.3) is 0 Å². The first-order chi connectivity index (χ1) is 11.3. The topological polar surface area (TPSA) is 68.0 Å². The molecule has 6 nitrogen and oxygen atoms in total. The lowest BCUT2D eigenvalue weighted by atomic mass is 9.94. The Bertz CT molecular complexity index is 479. The summed E-state index contributed by atoms with van der Waals surface area (Å²) in [5, 5.41) is 6.55. The first kappa shape index (κ1) is 17.6. The number of aliphatic imine (C=N–C) groups is 1. The van der Waals surface area contributed by atoms with Crippen molar-refractivity contribution in [1.29, 1.82) is 0 Å². The molecule has 2 heterocycles. The van der Waals surface area contributed by atoms with Crippen LogP contribution in [0.1, 0.15) is 18.6 Å². The number of methoxy groups -OCH3 is 1. The summed E-state index contributed by atoms with van der Waals surface area (Å²) < 4.78 is 16.5. The molecule has 0 atom stereocenters. The van der Waals surface area contributed by atoms with Gasteiger partial charge >= 0.3 is 0 Å². The standard InChI is InChI=1S/C17H27N3O3/c1-3-9-18-16(19-10-6-15-5-4-11-23-15)20-14-17(21-2)7-12-22-13-8-17/h3-5,11H,1,6-10,12-14H2,2H3,(H2,18,19,20). The number of nitrogens with zero attached hydrogens (tertiary/aromatic N) is 1. The molecule has 2 N–H and O–H groups in total. The van der Waals surface area contributed by atoms with Gasteiger partial charge in [-0.15, -0.1) is 6.58 Å². The van der Waals surface area contributed by atoms with E-state index in [2.05, 4.69) is 22.2 Å². The molecule has 1 saturated heterocycles. The molecule has 128 valence electrons. The van der Waals surface area contributed by atoms with Crippen molar-refractivity contribution < 1.29 is 13.9 Å². The third-order valence-electron chi connectivity index (χ3n) is 4.02. The van der Waals surface area contributed by atoms with E-state index in [1.165, 1.54) is 0 Å². The molecule has 1 aromatic rings. The van der Waals surface area contributed by atoms with Gasteiger partial charge in [-0.2, -0.15) is 0 Å². The number of hydrogen-bond donors (Lipinski definition) is 2. The Kier molecular flexibility index (Phi) is 7.16. The zero-order valence-electron chi connectivity index (χ0n) is 13.8. The third kappa shape index (κ3) is 5.73. The Balaban J connectivity index is 1.88. The van der Waals surface area contributed by atoms with Crippen LogP contribution in [0.2, 0.25) is 0 Å². The van der Waals surface area contributed by atoms with Gasteiger partial charge in [0.2, 0.25) is 0 Å². The van der Waals surface area contributed by atoms with Crippen LogP contribution >= 0.6 is 0 Å². The Hall–Kier alpha value is -1.79. The maximum absolute atomic E-state index is 5.72. The molecule has 0 saturated carbocycles. The van der Waals surface area contributed by atoms with E-state index in [-0.39, 0.29) is 5.60 Å². The van der Waals surface area contributed by atoms with E-state index in [9.17, 15) is 0 Å². The highest BCUT2D eigenvalue weighted by molar-refractivity contribution is 5.80. The van der Waals surface area contributed by atoms with Crippen molar-refractivity contribution in [2.45, 2.75) is 24.9 Å². The van der Waals surface area contributed by atoms with Crippen molar-refractivity contribution in [3.63, 3.8) is 0 Å². The molecule has 0 radical (unpaired) electrons. The Labute approximate surface area is 137 Å². The molecule has 0 aliphatic carbocycles. The Morgan fingerprint density at radius 2 is 2.26 bits per heavy atom. The highest BCUT2D eigenvalue weighted by atomic mass is 16.5. The maximum atomic E-state index is 5.72. The SMILES string of the molecule is C=CCNC(=NCC1(OC)CCOCC1)NCCc1ccco1. The summed E-state index contributed by atoms with van der Waals surface area (Å²) in [6.07, 6.45) is 6.05. The van der Waals surface area contributed by atoms with Gasteiger partial charge in [0, 0.05) is 52.7 Å². The van der Waals surface area contributed by atoms with E-state index >= 15 is 0 Å². The van der Waals surface area contributed by atoms with Crippen molar-refractivity contribution in [3.8, 4) is 0 Å². The van der Waals surface area contributed by atoms with Gasteiger partial charge in [0.1, 0.15) is 5.76 Å². The predicted octanol–water partition coefficient (Wildman–Crippen LogP) is 1.74. The van der Waals surface area contributed by atoms with Gasteiger partial charge in [-0.25, -0.2) is 0 Å². The Morgan fingerprint density at radius 3 is 2.91 bits per heavy atom. The van der Waals surface area contributed by atoms with Crippen molar-refractivity contribution >= 4 is 5.96 Å². The van der Waals surface area contributed by atoms with E-state index in [1.807, 2.05) is 18.2 Å². The summed E-state index contributed by atoms with van der Waals surface area (Å²) in [6.45, 7) is 7.21. The van der Waals surface area contributed by atoms with E-state index in [4.69, 9.17) is 13.9 Å². The molecule has 0 amide bonds. The smallest absolute Gasteiger partial charge is 0.191 e. The second-order valence-corrected chi connectivity index (χ2v) is 5.59. The summed E-state index contributed by atoms with van der Waals surface area (Å²) in [5.41, 5.74) is -0.220. The molecule has 1 aromatic heterocycles. The maximum Gasteiger partial charge on any atom is 0.191 e. The van der Waals surface area contributed by atoms with Crippen molar-refractivity contribution in [2.75, 3.05) is 40.0 Å². The summed E-state index contributed by atoms with van der Waals surface area (Å²) in [4.78, 5) is 4.68. The molecule has 0 unspecified atom stereocenters. The van der Waals surface area contributed by atoms with E-state index < -0.39 is 0 Å². The van der Waals surface area contributed by atoms with E-state index in [0.717, 1.165) is 50.7 Å². The summed E-state index contributed by atoms with van der Waals surface area (Å²) in [6, 6.07) is 3.87. The van der Waals surface area contributed by atoms with Crippen molar-refractivity contribution in [3.05, 3.63) is 36.8 Å². The molecular weight excluding hydrogens is 294 g/mol. The minimum atomic E-state index is -0.220. The van der Waals surface area contributed by atoms with Crippen LogP contribution in [0, 0.1) is 0 Å². The minimum absolute atomic E-state index is 0.220. The summed E-state index contributed by atoms with van der Waals surface area (Å²) in [5.74, 6) is 1.72. The van der Waals surface area contributed by atoms with Crippen LogP contribution in [0.3, 0.4) is 0 Å². The van der Waals surface area contributed by atoms with Crippen LogP contribution in [-0.4, -0.2) is 51.5 Å². The quantitative estimate of drug-likeness (QED) is 0.434. The number of hydrogen-bond acceptors (Lipinski definition) is 4.